The predicted octanol–water partition coefficient (Wildman–Crippen LogP) is 2.95. The van der Waals surface area contributed by atoms with E-state index in [1.807, 2.05) is 30.3 Å². The van der Waals surface area contributed by atoms with Gasteiger partial charge in [0.05, 0.1) is 24.2 Å². The van der Waals surface area contributed by atoms with Gasteiger partial charge in [0.1, 0.15) is 11.4 Å². The molecule has 0 aliphatic carbocycles. The van der Waals surface area contributed by atoms with E-state index in [0.29, 0.717) is 5.69 Å². The van der Waals surface area contributed by atoms with Gasteiger partial charge in [0.15, 0.2) is 9.84 Å². The van der Waals surface area contributed by atoms with Crippen molar-refractivity contribution in [3.8, 4) is 0 Å². The van der Waals surface area contributed by atoms with Crippen molar-refractivity contribution in [3.05, 3.63) is 71.9 Å². The lowest BCUT2D eigenvalue weighted by Gasteiger charge is -2.19. The molecule has 0 saturated heterocycles. The molecule has 1 atom stereocenters. The molecule has 1 heterocycles. The van der Waals surface area contributed by atoms with Gasteiger partial charge in [0.2, 0.25) is 5.95 Å². The maximum Gasteiger partial charge on any atom is 0.343 e. The summed E-state index contributed by atoms with van der Waals surface area (Å²) in [6, 6.07) is 14.9. The van der Waals surface area contributed by atoms with Crippen LogP contribution in [-0.4, -0.2) is 48.9 Å². The number of rotatable bonds is 9. The van der Waals surface area contributed by atoms with Gasteiger partial charge in [-0.05, 0) is 36.8 Å². The molecular formula is C22H24N4O5S. The van der Waals surface area contributed by atoms with Gasteiger partial charge in [0.25, 0.3) is 0 Å². The highest BCUT2D eigenvalue weighted by Gasteiger charge is 2.20. The summed E-state index contributed by atoms with van der Waals surface area (Å²) in [4.78, 5) is 21.1. The third kappa shape index (κ3) is 5.80. The number of nitrogens with zero attached hydrogens (tertiary/aromatic N) is 2. The summed E-state index contributed by atoms with van der Waals surface area (Å²) in [7, 11) is -3.31. The Kier molecular flexibility index (Phi) is 7.39. The fraction of sp³-hybridized carbons (Fsp3) is 0.227. The number of nitrogens with one attached hydrogen (secondary N) is 2. The van der Waals surface area contributed by atoms with Gasteiger partial charge < -0.3 is 20.5 Å². The van der Waals surface area contributed by atoms with Crippen molar-refractivity contribution in [1.29, 1.82) is 0 Å². The molecule has 0 radical (unpaired) electrons. The standard InChI is InChI=1S/C22H24N4O5S/c1-3-31-21(28)18-13-23-22(24-16-9-11-17(12-10-16)32(2,29)30)26-20(18)25-19(14-27)15-7-5-4-6-8-15/h4-13,19,27H,3,14H2,1-2H3,(H2,23,24,25,26)/t19-/m1/s1. The SMILES string of the molecule is CCOC(=O)c1cnc(Nc2ccc(S(C)(=O)=O)cc2)nc1N[C@H](CO)c1ccccc1. The summed E-state index contributed by atoms with van der Waals surface area (Å²) in [5.41, 5.74) is 1.50. The zero-order valence-corrected chi connectivity index (χ0v) is 18.5. The lowest BCUT2D eigenvalue weighted by atomic mass is 10.1. The zero-order valence-electron chi connectivity index (χ0n) is 17.6. The van der Waals surface area contributed by atoms with Gasteiger partial charge >= 0.3 is 5.97 Å². The first-order chi connectivity index (χ1) is 15.3. The van der Waals surface area contributed by atoms with Crippen LogP contribution in [0.3, 0.4) is 0 Å². The van der Waals surface area contributed by atoms with E-state index in [1.54, 1.807) is 19.1 Å². The number of anilines is 3. The van der Waals surface area contributed by atoms with E-state index in [2.05, 4.69) is 20.6 Å². The second-order valence-corrected chi connectivity index (χ2v) is 8.90. The maximum absolute atomic E-state index is 12.4. The fourth-order valence-electron chi connectivity index (χ4n) is 2.91. The Hall–Kier alpha value is -3.50. The van der Waals surface area contributed by atoms with E-state index >= 15 is 0 Å². The minimum Gasteiger partial charge on any atom is -0.462 e. The number of aliphatic hydroxyl groups is 1. The van der Waals surface area contributed by atoms with Crippen LogP contribution in [0.1, 0.15) is 28.9 Å². The Morgan fingerprint density at radius 2 is 1.81 bits per heavy atom. The van der Waals surface area contributed by atoms with Crippen LogP contribution < -0.4 is 10.6 Å². The Bertz CT molecular complexity index is 1170. The lowest BCUT2D eigenvalue weighted by Crippen LogP contribution is -2.19. The average Bonchev–Trinajstić information content (AvgIpc) is 2.78. The molecule has 0 aliphatic rings. The molecule has 0 saturated carbocycles. The molecule has 168 valence electrons. The van der Waals surface area contributed by atoms with Crippen LogP contribution in [0.25, 0.3) is 0 Å². The Balaban J connectivity index is 1.91. The van der Waals surface area contributed by atoms with E-state index in [4.69, 9.17) is 4.74 Å². The Morgan fingerprint density at radius 3 is 2.41 bits per heavy atom. The molecule has 3 aromatic rings. The second kappa shape index (κ2) is 10.2. The molecule has 10 heteroatoms. The lowest BCUT2D eigenvalue weighted by molar-refractivity contribution is 0.0526. The molecule has 0 amide bonds. The number of sulfone groups is 1. The fourth-order valence-corrected chi connectivity index (χ4v) is 3.54. The van der Waals surface area contributed by atoms with Crippen molar-refractivity contribution in [3.63, 3.8) is 0 Å². The normalized spacial score (nSPS) is 12.1. The first kappa shape index (κ1) is 23.2. The Labute approximate surface area is 186 Å². The van der Waals surface area contributed by atoms with Gasteiger partial charge in [-0.25, -0.2) is 18.2 Å². The van der Waals surface area contributed by atoms with E-state index in [9.17, 15) is 18.3 Å². The van der Waals surface area contributed by atoms with E-state index in [0.717, 1.165) is 11.8 Å². The molecular weight excluding hydrogens is 432 g/mol. The van der Waals surface area contributed by atoms with Crippen LogP contribution in [0.15, 0.2) is 65.7 Å². The highest BCUT2D eigenvalue weighted by atomic mass is 32.2. The molecule has 9 nitrogen and oxygen atoms in total. The minimum absolute atomic E-state index is 0.124. The number of benzene rings is 2. The van der Waals surface area contributed by atoms with Gasteiger partial charge in [0, 0.05) is 18.1 Å². The van der Waals surface area contributed by atoms with Crippen LogP contribution in [0.2, 0.25) is 0 Å². The van der Waals surface area contributed by atoms with E-state index in [-0.39, 0.29) is 35.4 Å². The highest BCUT2D eigenvalue weighted by molar-refractivity contribution is 7.90. The largest absolute Gasteiger partial charge is 0.462 e. The zero-order chi connectivity index (χ0) is 23.1. The number of carbonyl (C=O) groups excluding carboxylic acids is 1. The smallest absolute Gasteiger partial charge is 0.343 e. The quantitative estimate of drug-likeness (QED) is 0.416. The van der Waals surface area contributed by atoms with Crippen molar-refractivity contribution < 1.29 is 23.1 Å². The summed E-state index contributed by atoms with van der Waals surface area (Å²) < 4.78 is 28.4. The van der Waals surface area contributed by atoms with Crippen molar-refractivity contribution in [2.24, 2.45) is 0 Å². The monoisotopic (exact) mass is 456 g/mol. The number of ether oxygens (including phenoxy) is 1. The Morgan fingerprint density at radius 1 is 1.12 bits per heavy atom. The van der Waals surface area contributed by atoms with Crippen LogP contribution in [0.4, 0.5) is 17.5 Å². The first-order valence-corrected chi connectivity index (χ1v) is 11.7. The second-order valence-electron chi connectivity index (χ2n) is 6.89. The van der Waals surface area contributed by atoms with Gasteiger partial charge in [-0.3, -0.25) is 0 Å². The molecule has 2 aromatic carbocycles. The first-order valence-electron chi connectivity index (χ1n) is 9.85. The van der Waals surface area contributed by atoms with E-state index in [1.165, 1.54) is 18.3 Å². The number of carbonyl (C=O) groups is 1. The van der Waals surface area contributed by atoms with Crippen molar-refractivity contribution in [2.45, 2.75) is 17.9 Å². The summed E-state index contributed by atoms with van der Waals surface area (Å²) in [5.74, 6) is -0.224. The van der Waals surface area contributed by atoms with Crippen molar-refractivity contribution >= 4 is 33.3 Å². The van der Waals surface area contributed by atoms with Crippen molar-refractivity contribution in [2.75, 3.05) is 30.1 Å². The number of esters is 1. The number of hydrogen-bond donors (Lipinski definition) is 3. The van der Waals surface area contributed by atoms with Crippen LogP contribution in [0, 0.1) is 0 Å². The molecule has 0 aliphatic heterocycles. The average molecular weight is 457 g/mol. The summed E-state index contributed by atoms with van der Waals surface area (Å²) in [5, 5.41) is 16.0. The molecule has 0 spiro atoms. The van der Waals surface area contributed by atoms with Crippen molar-refractivity contribution in [1.82, 2.24) is 9.97 Å². The van der Waals surface area contributed by atoms with Gasteiger partial charge in [-0.1, -0.05) is 30.3 Å². The molecule has 0 unspecified atom stereocenters. The third-order valence-corrected chi connectivity index (χ3v) is 5.65. The summed E-state index contributed by atoms with van der Waals surface area (Å²) in [6.07, 6.45) is 2.47. The molecule has 32 heavy (non-hydrogen) atoms. The van der Waals surface area contributed by atoms with Crippen LogP contribution >= 0.6 is 0 Å². The topological polar surface area (TPSA) is 131 Å². The third-order valence-electron chi connectivity index (χ3n) is 4.52. The predicted molar refractivity (Wildman–Crippen MR) is 121 cm³/mol. The van der Waals surface area contributed by atoms with Gasteiger partial charge in [-0.2, -0.15) is 4.98 Å². The number of aliphatic hydroxyl groups excluding tert-OH is 1. The van der Waals surface area contributed by atoms with Crippen LogP contribution in [0.5, 0.6) is 0 Å². The summed E-state index contributed by atoms with van der Waals surface area (Å²) in [6.45, 7) is 1.65. The molecule has 3 rings (SSSR count). The van der Waals surface area contributed by atoms with E-state index < -0.39 is 21.8 Å². The highest BCUT2D eigenvalue weighted by Crippen LogP contribution is 2.24. The van der Waals surface area contributed by atoms with Gasteiger partial charge in [-0.15, -0.1) is 0 Å². The summed E-state index contributed by atoms with van der Waals surface area (Å²) >= 11 is 0. The maximum atomic E-state index is 12.4. The minimum atomic E-state index is -3.31. The molecule has 0 fully saturated rings. The molecule has 1 aromatic heterocycles. The number of hydrogen-bond acceptors (Lipinski definition) is 9. The molecule has 3 N–H and O–H groups in total. The number of aromatic nitrogens is 2. The molecule has 0 bridgehead atoms. The van der Waals surface area contributed by atoms with Crippen LogP contribution in [-0.2, 0) is 14.6 Å².